The van der Waals surface area contributed by atoms with Gasteiger partial charge in [0.05, 0.1) is 19.6 Å². The van der Waals surface area contributed by atoms with Gasteiger partial charge in [-0.15, -0.1) is 0 Å². The van der Waals surface area contributed by atoms with Crippen LogP contribution in [-0.2, 0) is 9.59 Å². The lowest BCUT2D eigenvalue weighted by Crippen LogP contribution is -2.35. The van der Waals surface area contributed by atoms with Crippen molar-refractivity contribution in [1.82, 2.24) is 5.32 Å². The number of methoxy groups -OCH3 is 1. The third-order valence-electron chi connectivity index (χ3n) is 3.85. The number of carboxylic acids is 1. The number of hydrogen-bond acceptors (Lipinski definition) is 3. The maximum absolute atomic E-state index is 12.3. The van der Waals surface area contributed by atoms with Gasteiger partial charge >= 0.3 is 5.97 Å². The Balaban J connectivity index is 2.09. The molecule has 2 atom stereocenters. The van der Waals surface area contributed by atoms with Crippen LogP contribution in [0.5, 0.6) is 5.75 Å². The van der Waals surface area contributed by atoms with Crippen molar-refractivity contribution in [1.29, 1.82) is 0 Å². The minimum Gasteiger partial charge on any atom is -0.497 e. The average molecular weight is 303 g/mol. The maximum Gasteiger partial charge on any atom is 0.305 e. The van der Waals surface area contributed by atoms with Crippen molar-refractivity contribution in [3.05, 3.63) is 42.0 Å². The number of ether oxygens (including phenoxy) is 1. The second-order valence-corrected chi connectivity index (χ2v) is 5.41. The van der Waals surface area contributed by atoms with E-state index in [1.807, 2.05) is 6.08 Å². The van der Waals surface area contributed by atoms with Crippen LogP contribution in [0, 0.1) is 5.92 Å². The van der Waals surface area contributed by atoms with Gasteiger partial charge < -0.3 is 15.2 Å². The third-order valence-corrected chi connectivity index (χ3v) is 3.85. The fourth-order valence-corrected chi connectivity index (χ4v) is 2.58. The van der Waals surface area contributed by atoms with Crippen LogP contribution in [0.2, 0.25) is 0 Å². The van der Waals surface area contributed by atoms with E-state index in [0.717, 1.165) is 18.4 Å². The first-order chi connectivity index (χ1) is 10.6. The minimum absolute atomic E-state index is 0.0699. The smallest absolute Gasteiger partial charge is 0.305 e. The molecule has 0 aliphatic heterocycles. The molecule has 0 aromatic heterocycles. The molecule has 0 unspecified atom stereocenters. The molecule has 0 saturated heterocycles. The van der Waals surface area contributed by atoms with Crippen molar-refractivity contribution >= 4 is 11.9 Å². The van der Waals surface area contributed by atoms with Crippen molar-refractivity contribution in [3.8, 4) is 5.75 Å². The number of nitrogens with one attached hydrogen (secondary N) is 1. The number of carbonyl (C=O) groups is 2. The zero-order chi connectivity index (χ0) is 15.9. The number of allylic oxidation sites excluding steroid dienone is 2. The van der Waals surface area contributed by atoms with Gasteiger partial charge in [-0.2, -0.15) is 0 Å². The van der Waals surface area contributed by atoms with Crippen molar-refractivity contribution < 1.29 is 19.4 Å². The van der Waals surface area contributed by atoms with Gasteiger partial charge in [0.25, 0.3) is 0 Å². The van der Waals surface area contributed by atoms with Crippen LogP contribution in [0.1, 0.15) is 37.3 Å². The van der Waals surface area contributed by atoms with E-state index in [1.165, 1.54) is 0 Å². The molecular formula is C17H21NO4. The zero-order valence-electron chi connectivity index (χ0n) is 12.6. The molecule has 1 aliphatic rings. The molecule has 0 spiro atoms. The Hall–Kier alpha value is -2.30. The maximum atomic E-state index is 12.3. The van der Waals surface area contributed by atoms with Gasteiger partial charge in [-0.05, 0) is 37.0 Å². The van der Waals surface area contributed by atoms with Gasteiger partial charge in [0.15, 0.2) is 0 Å². The zero-order valence-corrected chi connectivity index (χ0v) is 12.6. The van der Waals surface area contributed by atoms with Gasteiger partial charge in [-0.1, -0.05) is 24.3 Å². The number of amides is 1. The van der Waals surface area contributed by atoms with E-state index in [1.54, 1.807) is 31.4 Å². The lowest BCUT2D eigenvalue weighted by atomic mass is 9.92. The highest BCUT2D eigenvalue weighted by molar-refractivity contribution is 5.80. The summed E-state index contributed by atoms with van der Waals surface area (Å²) in [5.41, 5.74) is 0.767. The summed E-state index contributed by atoms with van der Waals surface area (Å²) in [7, 11) is 1.57. The SMILES string of the molecule is COc1ccc([C@@H](CC(=O)O)NC(=O)[C@H]2CC=CCC2)cc1. The van der Waals surface area contributed by atoms with E-state index >= 15 is 0 Å². The van der Waals surface area contributed by atoms with E-state index < -0.39 is 12.0 Å². The van der Waals surface area contributed by atoms with Gasteiger partial charge in [-0.3, -0.25) is 9.59 Å². The van der Waals surface area contributed by atoms with E-state index in [9.17, 15) is 9.59 Å². The van der Waals surface area contributed by atoms with Gasteiger partial charge in [0.1, 0.15) is 5.75 Å². The fourth-order valence-electron chi connectivity index (χ4n) is 2.58. The molecular weight excluding hydrogens is 282 g/mol. The van der Waals surface area contributed by atoms with Crippen LogP contribution >= 0.6 is 0 Å². The number of carbonyl (C=O) groups excluding carboxylic acids is 1. The molecule has 118 valence electrons. The first kappa shape index (κ1) is 16.1. The molecule has 1 aromatic carbocycles. The van der Waals surface area contributed by atoms with Gasteiger partial charge in [0.2, 0.25) is 5.91 Å². The molecule has 5 nitrogen and oxygen atoms in total. The second-order valence-electron chi connectivity index (χ2n) is 5.41. The molecule has 1 amide bonds. The Morgan fingerprint density at radius 3 is 2.59 bits per heavy atom. The highest BCUT2D eigenvalue weighted by atomic mass is 16.5. The number of aliphatic carboxylic acids is 1. The molecule has 1 aliphatic carbocycles. The monoisotopic (exact) mass is 303 g/mol. The van der Waals surface area contributed by atoms with E-state index in [0.29, 0.717) is 12.2 Å². The Kier molecular flexibility index (Phi) is 5.58. The van der Waals surface area contributed by atoms with Crippen molar-refractivity contribution in [3.63, 3.8) is 0 Å². The summed E-state index contributed by atoms with van der Waals surface area (Å²) >= 11 is 0. The molecule has 2 rings (SSSR count). The molecule has 0 bridgehead atoms. The largest absolute Gasteiger partial charge is 0.497 e. The molecule has 0 radical (unpaired) electrons. The lowest BCUT2D eigenvalue weighted by molar-refractivity contribution is -0.138. The normalized spacial score (nSPS) is 18.5. The van der Waals surface area contributed by atoms with E-state index in [4.69, 9.17) is 9.84 Å². The first-order valence-electron chi connectivity index (χ1n) is 7.41. The molecule has 2 N–H and O–H groups in total. The van der Waals surface area contributed by atoms with Crippen LogP contribution in [0.15, 0.2) is 36.4 Å². The molecule has 0 saturated carbocycles. The highest BCUT2D eigenvalue weighted by Crippen LogP contribution is 2.23. The summed E-state index contributed by atoms with van der Waals surface area (Å²) in [6, 6.07) is 6.57. The number of hydrogen-bond donors (Lipinski definition) is 2. The predicted octanol–water partition coefficient (Wildman–Crippen LogP) is 2.68. The second kappa shape index (κ2) is 7.64. The Bertz CT molecular complexity index is 550. The Labute approximate surface area is 130 Å². The summed E-state index contributed by atoms with van der Waals surface area (Å²) in [6.07, 6.45) is 6.36. The number of benzene rings is 1. The predicted molar refractivity (Wildman–Crippen MR) is 82.6 cm³/mol. The first-order valence-corrected chi connectivity index (χ1v) is 7.41. The molecule has 1 aromatic rings. The molecule has 22 heavy (non-hydrogen) atoms. The molecule has 0 heterocycles. The standard InChI is InChI=1S/C17H21NO4/c1-22-14-9-7-12(8-10-14)15(11-16(19)20)18-17(21)13-5-3-2-4-6-13/h2-3,7-10,13,15H,4-6,11H2,1H3,(H,18,21)(H,19,20)/t13-,15+/m0/s1. The summed E-state index contributed by atoms with van der Waals surface area (Å²) < 4.78 is 5.10. The van der Waals surface area contributed by atoms with Crippen molar-refractivity contribution in [2.45, 2.75) is 31.7 Å². The fraction of sp³-hybridized carbons (Fsp3) is 0.412. The Morgan fingerprint density at radius 1 is 1.32 bits per heavy atom. The number of carboxylic acid groups (broad SMARTS) is 1. The molecule has 0 fully saturated rings. The lowest BCUT2D eigenvalue weighted by Gasteiger charge is -2.23. The summed E-state index contributed by atoms with van der Waals surface area (Å²) in [4.78, 5) is 23.4. The highest BCUT2D eigenvalue weighted by Gasteiger charge is 2.24. The van der Waals surface area contributed by atoms with Crippen LogP contribution in [0.4, 0.5) is 0 Å². The van der Waals surface area contributed by atoms with E-state index in [2.05, 4.69) is 11.4 Å². The topological polar surface area (TPSA) is 75.6 Å². The van der Waals surface area contributed by atoms with Gasteiger partial charge in [-0.25, -0.2) is 0 Å². The van der Waals surface area contributed by atoms with Crippen molar-refractivity contribution in [2.24, 2.45) is 5.92 Å². The Morgan fingerprint density at radius 2 is 2.05 bits per heavy atom. The van der Waals surface area contributed by atoms with Crippen LogP contribution < -0.4 is 10.1 Å². The van der Waals surface area contributed by atoms with Gasteiger partial charge in [0, 0.05) is 5.92 Å². The summed E-state index contributed by atoms with van der Waals surface area (Å²) in [6.45, 7) is 0. The van der Waals surface area contributed by atoms with Crippen LogP contribution in [0.25, 0.3) is 0 Å². The molecule has 5 heteroatoms. The third kappa shape index (κ3) is 4.35. The van der Waals surface area contributed by atoms with E-state index in [-0.39, 0.29) is 18.2 Å². The summed E-state index contributed by atoms with van der Waals surface area (Å²) in [5.74, 6) is -0.391. The average Bonchev–Trinajstić information content (AvgIpc) is 2.54. The van der Waals surface area contributed by atoms with Crippen LogP contribution in [0.3, 0.4) is 0 Å². The van der Waals surface area contributed by atoms with Crippen LogP contribution in [-0.4, -0.2) is 24.1 Å². The summed E-state index contributed by atoms with van der Waals surface area (Å²) in [5, 5.41) is 12.0. The minimum atomic E-state index is -0.940. The number of rotatable bonds is 6. The quantitative estimate of drug-likeness (QED) is 0.792. The van der Waals surface area contributed by atoms with Crippen molar-refractivity contribution in [2.75, 3.05) is 7.11 Å².